The average Bonchev–Trinajstić information content (AvgIpc) is 2.84. The van der Waals surface area contributed by atoms with E-state index in [0.29, 0.717) is 27.6 Å². The monoisotopic (exact) mass is 672 g/mol. The Bertz CT molecular complexity index is 1500. The van der Waals surface area contributed by atoms with Crippen LogP contribution in [0.3, 0.4) is 0 Å². The minimum absolute atomic E-state index is 0.102. The van der Waals surface area contributed by atoms with Crippen molar-refractivity contribution < 1.29 is 9.13 Å². The van der Waals surface area contributed by atoms with Crippen LogP contribution in [0.15, 0.2) is 53.0 Å². The zero-order chi connectivity index (χ0) is 29.4. The van der Waals surface area contributed by atoms with Gasteiger partial charge >= 0.3 is 0 Å². The van der Waals surface area contributed by atoms with Crippen LogP contribution >= 0.6 is 53.4 Å². The topological polar surface area (TPSA) is 150 Å². The molecule has 4 rings (SSSR count). The number of hydrogen-bond donors (Lipinski definition) is 2. The highest BCUT2D eigenvalue weighted by Crippen LogP contribution is 2.35. The first-order valence-corrected chi connectivity index (χ1v) is 18.0. The molecule has 0 atom stereocenters. The molecule has 0 unspecified atom stereocenters. The number of nitrogens with two attached hydrogens (primary N) is 1. The van der Waals surface area contributed by atoms with Crippen molar-refractivity contribution in [1.29, 1.82) is 0 Å². The van der Waals surface area contributed by atoms with Crippen LogP contribution in [0.25, 0.3) is 0 Å². The standard InChI is InChI=1S/C12H14ClN4OP.C8H10BrOP.C4H5ClN4/c1-8-11(13)15-12(17-16-8)14-9-4-6-10(7-5-9)19(2,3)18;1-11(2,10)8-5-3-7(9)4-6-8;1-2-3(5)7-4(6)9-8-2/h4-7H,1-3H3,(H,14,15,17);3-6H,1-2H3;1H3,(H2,6,7,9). The zero-order valence-corrected chi connectivity index (χ0v) is 27.1. The molecule has 0 aliphatic rings. The number of hydrogen-bond acceptors (Lipinski definition) is 10. The lowest BCUT2D eigenvalue weighted by atomic mass is 10.3. The van der Waals surface area contributed by atoms with Gasteiger partial charge in [-0.25, -0.2) is 0 Å². The Hall–Kier alpha value is -2.42. The number of anilines is 3. The maximum atomic E-state index is 11.9. The smallest absolute Gasteiger partial charge is 0.248 e. The minimum atomic E-state index is -2.23. The van der Waals surface area contributed by atoms with Gasteiger partial charge < -0.3 is 20.2 Å². The third kappa shape index (κ3) is 11.3. The van der Waals surface area contributed by atoms with Gasteiger partial charge in [-0.05, 0) is 76.9 Å². The van der Waals surface area contributed by atoms with Gasteiger partial charge in [0.1, 0.15) is 14.3 Å². The molecule has 0 fully saturated rings. The van der Waals surface area contributed by atoms with Crippen molar-refractivity contribution in [2.75, 3.05) is 37.7 Å². The summed E-state index contributed by atoms with van der Waals surface area (Å²) in [6, 6.07) is 14.9. The maximum Gasteiger partial charge on any atom is 0.248 e. The van der Waals surface area contributed by atoms with E-state index in [1.165, 1.54) is 0 Å². The fourth-order valence-electron chi connectivity index (χ4n) is 2.62. The molecule has 0 aliphatic carbocycles. The van der Waals surface area contributed by atoms with Crippen LogP contribution < -0.4 is 21.7 Å². The molecule has 2 aromatic heterocycles. The van der Waals surface area contributed by atoms with E-state index in [9.17, 15) is 9.13 Å². The van der Waals surface area contributed by atoms with Gasteiger partial charge in [-0.15, -0.1) is 20.4 Å². The lowest BCUT2D eigenvalue weighted by molar-refractivity contribution is 0.587. The van der Waals surface area contributed by atoms with Crippen molar-refractivity contribution >= 4 is 81.6 Å². The summed E-state index contributed by atoms with van der Waals surface area (Å²) in [5, 5.41) is 20.2. The van der Waals surface area contributed by atoms with Crippen LogP contribution in [-0.4, -0.2) is 57.0 Å². The largest absolute Gasteiger partial charge is 0.366 e. The Morgan fingerprint density at radius 3 is 1.56 bits per heavy atom. The highest BCUT2D eigenvalue weighted by molar-refractivity contribution is 9.10. The number of halogens is 3. The quantitative estimate of drug-likeness (QED) is 0.249. The summed E-state index contributed by atoms with van der Waals surface area (Å²) in [5.74, 6) is 0.435. The highest BCUT2D eigenvalue weighted by Gasteiger charge is 2.11. The van der Waals surface area contributed by atoms with Crippen LogP contribution in [0.4, 0.5) is 17.6 Å². The Balaban J connectivity index is 0.000000226. The van der Waals surface area contributed by atoms with Gasteiger partial charge in [-0.3, -0.25) is 0 Å². The van der Waals surface area contributed by atoms with Gasteiger partial charge in [0.15, 0.2) is 10.3 Å². The normalized spacial score (nSPS) is 11.0. The summed E-state index contributed by atoms with van der Waals surface area (Å²) in [4.78, 5) is 7.71. The first kappa shape index (κ1) is 32.8. The molecule has 0 amide bonds. The summed E-state index contributed by atoms with van der Waals surface area (Å²) in [6.45, 7) is 10.5. The predicted octanol–water partition coefficient (Wildman–Crippen LogP) is 5.94. The molecule has 4 aromatic rings. The Morgan fingerprint density at radius 2 is 1.15 bits per heavy atom. The van der Waals surface area contributed by atoms with E-state index < -0.39 is 14.3 Å². The summed E-state index contributed by atoms with van der Waals surface area (Å²) in [7, 11) is -4.29. The second-order valence-corrected chi connectivity index (χ2v) is 17.0. The van der Waals surface area contributed by atoms with Crippen LogP contribution in [0, 0.1) is 13.8 Å². The van der Waals surface area contributed by atoms with Gasteiger partial charge in [-0.2, -0.15) is 9.97 Å². The van der Waals surface area contributed by atoms with Crippen molar-refractivity contribution in [2.24, 2.45) is 0 Å². The summed E-state index contributed by atoms with van der Waals surface area (Å²) >= 11 is 14.7. The van der Waals surface area contributed by atoms with E-state index in [4.69, 9.17) is 28.9 Å². The second kappa shape index (κ2) is 14.3. The molecule has 0 saturated carbocycles. The molecule has 2 aromatic carbocycles. The van der Waals surface area contributed by atoms with Crippen molar-refractivity contribution in [2.45, 2.75) is 13.8 Å². The summed E-state index contributed by atoms with van der Waals surface area (Å²) < 4.78 is 24.4. The molecule has 0 bridgehead atoms. The Kier molecular flexibility index (Phi) is 12.0. The van der Waals surface area contributed by atoms with Gasteiger partial charge in [0.05, 0.1) is 11.4 Å². The van der Waals surface area contributed by atoms with Crippen molar-refractivity contribution in [3.63, 3.8) is 0 Å². The first-order valence-electron chi connectivity index (χ1n) is 11.3. The van der Waals surface area contributed by atoms with Gasteiger partial charge in [0.25, 0.3) is 0 Å². The number of aromatic nitrogens is 6. The number of benzene rings is 2. The van der Waals surface area contributed by atoms with Crippen LogP contribution in [0.1, 0.15) is 11.4 Å². The molecular weight excluding hydrogens is 645 g/mol. The number of nitrogens with one attached hydrogen (secondary N) is 1. The lowest BCUT2D eigenvalue weighted by Gasteiger charge is -2.09. The summed E-state index contributed by atoms with van der Waals surface area (Å²) in [5.41, 5.74) is 7.12. The number of aryl methyl sites for hydroxylation is 2. The third-order valence-corrected chi connectivity index (χ3v) is 9.13. The van der Waals surface area contributed by atoms with Gasteiger partial charge in [0.2, 0.25) is 11.9 Å². The Morgan fingerprint density at radius 1 is 0.718 bits per heavy atom. The second-order valence-electron chi connectivity index (χ2n) is 8.91. The number of nitrogen functional groups attached to an aromatic ring is 1. The average molecular weight is 674 g/mol. The Labute approximate surface area is 246 Å². The highest BCUT2D eigenvalue weighted by atomic mass is 79.9. The minimum Gasteiger partial charge on any atom is -0.366 e. The van der Waals surface area contributed by atoms with E-state index in [1.54, 1.807) is 40.5 Å². The van der Waals surface area contributed by atoms with E-state index in [-0.39, 0.29) is 5.95 Å². The number of rotatable bonds is 4. The van der Waals surface area contributed by atoms with Crippen LogP contribution in [-0.2, 0) is 9.13 Å². The van der Waals surface area contributed by atoms with Gasteiger partial charge in [0, 0.05) is 20.8 Å². The van der Waals surface area contributed by atoms with Crippen LogP contribution in [0.2, 0.25) is 10.3 Å². The maximum absolute atomic E-state index is 11.9. The van der Waals surface area contributed by atoms with Crippen molar-refractivity contribution in [1.82, 2.24) is 30.4 Å². The molecule has 0 spiro atoms. The van der Waals surface area contributed by atoms with E-state index in [1.807, 2.05) is 48.5 Å². The molecule has 2 heterocycles. The van der Waals surface area contributed by atoms with Crippen molar-refractivity contribution in [3.8, 4) is 0 Å². The van der Waals surface area contributed by atoms with E-state index >= 15 is 0 Å². The molecule has 10 nitrogen and oxygen atoms in total. The molecule has 208 valence electrons. The fraction of sp³-hybridized carbons (Fsp3) is 0.250. The first-order chi connectivity index (χ1) is 18.1. The molecule has 0 saturated heterocycles. The zero-order valence-electron chi connectivity index (χ0n) is 22.2. The van der Waals surface area contributed by atoms with Crippen LogP contribution in [0.5, 0.6) is 0 Å². The fourth-order valence-corrected chi connectivity index (χ4v) is 4.86. The van der Waals surface area contributed by atoms with Crippen molar-refractivity contribution in [3.05, 3.63) is 74.7 Å². The molecule has 0 radical (unpaired) electrons. The van der Waals surface area contributed by atoms with E-state index in [0.717, 1.165) is 20.8 Å². The molecular formula is C24H29BrCl2N8O2P2. The molecule has 39 heavy (non-hydrogen) atoms. The lowest BCUT2D eigenvalue weighted by Crippen LogP contribution is -2.04. The SMILES string of the molecule is CP(C)(=O)c1ccc(Br)cc1.Cc1nnc(N)nc1Cl.Cc1nnc(Nc2ccc(P(C)(C)=O)cc2)nc1Cl. The predicted molar refractivity (Wildman–Crippen MR) is 166 cm³/mol. The van der Waals surface area contributed by atoms with E-state index in [2.05, 4.69) is 51.6 Å². The molecule has 0 aliphatic heterocycles. The summed E-state index contributed by atoms with van der Waals surface area (Å²) in [6.07, 6.45) is 0. The third-order valence-electron chi connectivity index (χ3n) is 4.80. The molecule has 3 N–H and O–H groups in total. The molecule has 15 heteroatoms. The van der Waals surface area contributed by atoms with Gasteiger partial charge in [-0.1, -0.05) is 51.3 Å². The number of nitrogens with zero attached hydrogens (tertiary/aromatic N) is 6.